The Morgan fingerprint density at radius 2 is 1.79 bits per heavy atom. The smallest absolute Gasteiger partial charge is 0.253 e. The predicted molar refractivity (Wildman–Crippen MR) is 118 cm³/mol. The topological polar surface area (TPSA) is 54.0 Å². The SMILES string of the molecule is Cc1nc(-c2cccs2)sc1CNC(=O)c1ccccc1Nc1ccccc1. The molecule has 6 heteroatoms. The van der Waals surface area contributed by atoms with Crippen molar-refractivity contribution in [1.29, 1.82) is 0 Å². The Morgan fingerprint density at radius 3 is 2.57 bits per heavy atom. The molecule has 0 fully saturated rings. The van der Waals surface area contributed by atoms with Crippen molar-refractivity contribution in [2.24, 2.45) is 0 Å². The second-order valence-electron chi connectivity index (χ2n) is 6.22. The highest BCUT2D eigenvalue weighted by molar-refractivity contribution is 7.21. The number of para-hydroxylation sites is 2. The molecule has 0 spiro atoms. The third kappa shape index (κ3) is 4.13. The molecule has 4 nitrogen and oxygen atoms in total. The van der Waals surface area contributed by atoms with Crippen LogP contribution in [0.25, 0.3) is 9.88 Å². The molecule has 4 rings (SSSR count). The summed E-state index contributed by atoms with van der Waals surface area (Å²) >= 11 is 3.30. The van der Waals surface area contributed by atoms with Crippen LogP contribution in [0.5, 0.6) is 0 Å². The van der Waals surface area contributed by atoms with E-state index in [9.17, 15) is 4.79 Å². The number of thiazole rings is 1. The van der Waals surface area contributed by atoms with Gasteiger partial charge in [0.2, 0.25) is 0 Å². The van der Waals surface area contributed by atoms with Crippen LogP contribution < -0.4 is 10.6 Å². The fourth-order valence-corrected chi connectivity index (χ4v) is 4.62. The molecular weight excluding hydrogens is 386 g/mol. The first-order valence-corrected chi connectivity index (χ1v) is 10.6. The molecular formula is C22H19N3OS2. The van der Waals surface area contributed by atoms with Crippen molar-refractivity contribution < 1.29 is 4.79 Å². The fourth-order valence-electron chi connectivity index (χ4n) is 2.82. The first-order chi connectivity index (χ1) is 13.7. The number of rotatable bonds is 6. The zero-order valence-corrected chi connectivity index (χ0v) is 16.9. The summed E-state index contributed by atoms with van der Waals surface area (Å²) in [5.41, 5.74) is 3.31. The molecule has 0 aliphatic heterocycles. The van der Waals surface area contributed by atoms with Gasteiger partial charge in [-0.15, -0.1) is 22.7 Å². The monoisotopic (exact) mass is 405 g/mol. The van der Waals surface area contributed by atoms with E-state index in [1.54, 1.807) is 22.7 Å². The molecule has 2 N–H and O–H groups in total. The van der Waals surface area contributed by atoms with Crippen LogP contribution in [-0.4, -0.2) is 10.9 Å². The quantitative estimate of drug-likeness (QED) is 0.423. The van der Waals surface area contributed by atoms with Gasteiger partial charge in [0.25, 0.3) is 5.91 Å². The lowest BCUT2D eigenvalue weighted by molar-refractivity contribution is 0.0952. The van der Waals surface area contributed by atoms with Gasteiger partial charge in [0.15, 0.2) is 0 Å². The molecule has 0 radical (unpaired) electrons. The molecule has 0 aliphatic carbocycles. The lowest BCUT2D eigenvalue weighted by atomic mass is 10.1. The zero-order chi connectivity index (χ0) is 19.3. The minimum Gasteiger partial charge on any atom is -0.355 e. The Kier molecular flexibility index (Phi) is 5.50. The number of nitrogens with zero attached hydrogens (tertiary/aromatic N) is 1. The first kappa shape index (κ1) is 18.4. The van der Waals surface area contributed by atoms with E-state index in [2.05, 4.69) is 21.7 Å². The number of aromatic nitrogens is 1. The summed E-state index contributed by atoms with van der Waals surface area (Å²) in [4.78, 5) is 19.7. The van der Waals surface area contributed by atoms with Gasteiger partial charge in [-0.2, -0.15) is 0 Å². The van der Waals surface area contributed by atoms with E-state index in [1.807, 2.05) is 73.0 Å². The number of hydrogen-bond acceptors (Lipinski definition) is 5. The Bertz CT molecular complexity index is 1070. The minimum absolute atomic E-state index is 0.107. The molecule has 0 unspecified atom stereocenters. The molecule has 0 atom stereocenters. The van der Waals surface area contributed by atoms with Crippen molar-refractivity contribution in [3.63, 3.8) is 0 Å². The summed E-state index contributed by atoms with van der Waals surface area (Å²) in [5.74, 6) is -0.107. The zero-order valence-electron chi connectivity index (χ0n) is 15.3. The number of carbonyl (C=O) groups excluding carboxylic acids is 1. The highest BCUT2D eigenvalue weighted by atomic mass is 32.1. The van der Waals surface area contributed by atoms with Crippen LogP contribution in [-0.2, 0) is 6.54 Å². The Labute approximate surface area is 171 Å². The van der Waals surface area contributed by atoms with Gasteiger partial charge in [-0.3, -0.25) is 4.79 Å². The summed E-state index contributed by atoms with van der Waals surface area (Å²) in [6.07, 6.45) is 0. The molecule has 140 valence electrons. The summed E-state index contributed by atoms with van der Waals surface area (Å²) < 4.78 is 0. The summed E-state index contributed by atoms with van der Waals surface area (Å²) in [6, 6.07) is 21.5. The fraction of sp³-hybridized carbons (Fsp3) is 0.0909. The third-order valence-electron chi connectivity index (χ3n) is 4.26. The van der Waals surface area contributed by atoms with E-state index in [4.69, 9.17) is 0 Å². The standard InChI is InChI=1S/C22H19N3OS2/c1-15-20(28-22(24-15)19-12-7-13-27-19)14-23-21(26)17-10-5-6-11-18(17)25-16-8-3-2-4-9-16/h2-13,25H,14H2,1H3,(H,23,26). The largest absolute Gasteiger partial charge is 0.355 e. The van der Waals surface area contributed by atoms with Gasteiger partial charge in [-0.25, -0.2) is 4.98 Å². The van der Waals surface area contributed by atoms with Crippen molar-refractivity contribution in [2.75, 3.05) is 5.32 Å². The number of thiophene rings is 1. The van der Waals surface area contributed by atoms with Crippen molar-refractivity contribution in [3.05, 3.63) is 88.2 Å². The number of aryl methyl sites for hydroxylation is 1. The number of hydrogen-bond donors (Lipinski definition) is 2. The molecule has 2 heterocycles. The lowest BCUT2D eigenvalue weighted by Crippen LogP contribution is -2.23. The average Bonchev–Trinajstić information content (AvgIpc) is 3.37. The van der Waals surface area contributed by atoms with Gasteiger partial charge in [-0.05, 0) is 42.6 Å². The predicted octanol–water partition coefficient (Wildman–Crippen LogP) is 5.85. The first-order valence-electron chi connectivity index (χ1n) is 8.90. The van der Waals surface area contributed by atoms with E-state index in [0.717, 1.165) is 31.8 Å². The van der Waals surface area contributed by atoms with E-state index < -0.39 is 0 Å². The molecule has 0 bridgehead atoms. The Hall–Kier alpha value is -2.96. The number of nitrogens with one attached hydrogen (secondary N) is 2. The number of amides is 1. The summed E-state index contributed by atoms with van der Waals surface area (Å²) in [6.45, 7) is 2.45. The normalized spacial score (nSPS) is 10.6. The van der Waals surface area contributed by atoms with Crippen LogP contribution in [0.3, 0.4) is 0 Å². The van der Waals surface area contributed by atoms with Gasteiger partial charge >= 0.3 is 0 Å². The summed E-state index contributed by atoms with van der Waals surface area (Å²) in [5, 5.41) is 9.40. The van der Waals surface area contributed by atoms with Crippen LogP contribution in [0.15, 0.2) is 72.1 Å². The number of anilines is 2. The molecule has 2 aromatic carbocycles. The lowest BCUT2D eigenvalue weighted by Gasteiger charge is -2.12. The molecule has 2 aromatic heterocycles. The van der Waals surface area contributed by atoms with Gasteiger partial charge in [0.05, 0.1) is 28.4 Å². The van der Waals surface area contributed by atoms with E-state index in [0.29, 0.717) is 12.1 Å². The van der Waals surface area contributed by atoms with Crippen molar-refractivity contribution in [1.82, 2.24) is 10.3 Å². The maximum Gasteiger partial charge on any atom is 0.253 e. The van der Waals surface area contributed by atoms with Crippen LogP contribution in [0, 0.1) is 6.92 Å². The van der Waals surface area contributed by atoms with E-state index in [1.165, 1.54) is 0 Å². The van der Waals surface area contributed by atoms with Crippen LogP contribution >= 0.6 is 22.7 Å². The molecule has 4 aromatic rings. The molecule has 28 heavy (non-hydrogen) atoms. The number of carbonyl (C=O) groups is 1. The Morgan fingerprint density at radius 1 is 1.00 bits per heavy atom. The van der Waals surface area contributed by atoms with E-state index >= 15 is 0 Å². The molecule has 0 aliphatic rings. The van der Waals surface area contributed by atoms with Crippen LogP contribution in [0.4, 0.5) is 11.4 Å². The van der Waals surface area contributed by atoms with Gasteiger partial charge < -0.3 is 10.6 Å². The Balaban J connectivity index is 1.48. The van der Waals surface area contributed by atoms with Crippen LogP contribution in [0.1, 0.15) is 20.9 Å². The van der Waals surface area contributed by atoms with Crippen molar-refractivity contribution >= 4 is 40.0 Å². The highest BCUT2D eigenvalue weighted by Gasteiger charge is 2.14. The van der Waals surface area contributed by atoms with Crippen molar-refractivity contribution in [3.8, 4) is 9.88 Å². The average molecular weight is 406 g/mol. The molecule has 1 amide bonds. The maximum atomic E-state index is 12.8. The second kappa shape index (κ2) is 8.37. The summed E-state index contributed by atoms with van der Waals surface area (Å²) in [7, 11) is 0. The van der Waals surface area contributed by atoms with Crippen LogP contribution in [0.2, 0.25) is 0 Å². The van der Waals surface area contributed by atoms with Gasteiger partial charge in [0.1, 0.15) is 5.01 Å². The third-order valence-corrected chi connectivity index (χ3v) is 6.46. The van der Waals surface area contributed by atoms with Crippen molar-refractivity contribution in [2.45, 2.75) is 13.5 Å². The maximum absolute atomic E-state index is 12.8. The van der Waals surface area contributed by atoms with Gasteiger partial charge in [-0.1, -0.05) is 36.4 Å². The highest BCUT2D eigenvalue weighted by Crippen LogP contribution is 2.31. The second-order valence-corrected chi connectivity index (χ2v) is 8.26. The van der Waals surface area contributed by atoms with E-state index in [-0.39, 0.29) is 5.91 Å². The molecule has 0 saturated carbocycles. The van der Waals surface area contributed by atoms with Gasteiger partial charge in [0, 0.05) is 10.6 Å². The molecule has 0 saturated heterocycles. The number of benzene rings is 2. The minimum atomic E-state index is -0.107.